The fourth-order valence-corrected chi connectivity index (χ4v) is 1.98. The molecule has 0 aromatic rings. The van der Waals surface area contributed by atoms with Crippen molar-refractivity contribution in [3.8, 4) is 0 Å². The summed E-state index contributed by atoms with van der Waals surface area (Å²) in [5.41, 5.74) is 5.79. The van der Waals surface area contributed by atoms with E-state index in [1.165, 1.54) is 19.3 Å². The van der Waals surface area contributed by atoms with E-state index in [0.717, 1.165) is 25.9 Å². The summed E-state index contributed by atoms with van der Waals surface area (Å²) >= 11 is 0. The molecular weight excluding hydrogens is 188 g/mol. The highest BCUT2D eigenvalue weighted by Gasteiger charge is 2.19. The third-order valence-corrected chi connectivity index (χ3v) is 2.91. The average Bonchev–Trinajstić information content (AvgIpc) is 2.16. The van der Waals surface area contributed by atoms with Gasteiger partial charge in [0.15, 0.2) is 0 Å². The topological polar surface area (TPSA) is 46.3 Å². The first-order valence-electron chi connectivity index (χ1n) is 5.91. The molecule has 1 aliphatic rings. The van der Waals surface area contributed by atoms with Crippen LogP contribution in [0.3, 0.4) is 0 Å². The van der Waals surface area contributed by atoms with E-state index in [1.54, 1.807) is 6.08 Å². The van der Waals surface area contributed by atoms with Crippen molar-refractivity contribution in [2.75, 3.05) is 13.1 Å². The number of hydrogen-bond donors (Lipinski definition) is 1. The molecule has 1 amide bonds. The number of nitrogens with zero attached hydrogens (tertiary/aromatic N) is 1. The van der Waals surface area contributed by atoms with Crippen LogP contribution in [0.25, 0.3) is 0 Å². The molecule has 0 radical (unpaired) electrons. The lowest BCUT2D eigenvalue weighted by Crippen LogP contribution is -2.44. The molecule has 0 aromatic carbocycles. The third kappa shape index (κ3) is 4.04. The highest BCUT2D eigenvalue weighted by Crippen LogP contribution is 2.11. The van der Waals surface area contributed by atoms with E-state index in [-0.39, 0.29) is 11.9 Å². The minimum absolute atomic E-state index is 0.0943. The van der Waals surface area contributed by atoms with Crippen LogP contribution in [0.15, 0.2) is 12.7 Å². The average molecular weight is 210 g/mol. The van der Waals surface area contributed by atoms with Crippen LogP contribution in [0.5, 0.6) is 0 Å². The zero-order valence-corrected chi connectivity index (χ0v) is 9.45. The molecular formula is C12H22N2O. The van der Waals surface area contributed by atoms with E-state index >= 15 is 0 Å². The van der Waals surface area contributed by atoms with Crippen LogP contribution >= 0.6 is 0 Å². The molecule has 1 fully saturated rings. The highest BCUT2D eigenvalue weighted by molar-refractivity contribution is 5.81. The molecule has 3 nitrogen and oxygen atoms in total. The number of likely N-dealkylation sites (tertiary alicyclic amines) is 1. The van der Waals surface area contributed by atoms with Crippen LogP contribution in [-0.2, 0) is 4.79 Å². The molecule has 0 saturated carbocycles. The van der Waals surface area contributed by atoms with Crippen LogP contribution in [0.2, 0.25) is 0 Å². The summed E-state index contributed by atoms with van der Waals surface area (Å²) in [6.07, 6.45) is 8.31. The summed E-state index contributed by atoms with van der Waals surface area (Å²) in [6, 6.07) is -0.387. The predicted octanol–water partition coefficient (Wildman–Crippen LogP) is 1.68. The van der Waals surface area contributed by atoms with E-state index in [1.807, 2.05) is 4.90 Å². The Hall–Kier alpha value is -0.830. The Morgan fingerprint density at radius 2 is 1.80 bits per heavy atom. The van der Waals surface area contributed by atoms with E-state index in [9.17, 15) is 4.79 Å². The van der Waals surface area contributed by atoms with Gasteiger partial charge in [-0.1, -0.05) is 25.3 Å². The van der Waals surface area contributed by atoms with Gasteiger partial charge in [-0.25, -0.2) is 0 Å². The van der Waals surface area contributed by atoms with Gasteiger partial charge in [-0.3, -0.25) is 4.79 Å². The maximum Gasteiger partial charge on any atom is 0.239 e. The lowest BCUT2D eigenvalue weighted by atomic mass is 10.1. The van der Waals surface area contributed by atoms with E-state index in [4.69, 9.17) is 5.73 Å². The largest absolute Gasteiger partial charge is 0.341 e. The Morgan fingerprint density at radius 3 is 2.33 bits per heavy atom. The minimum Gasteiger partial charge on any atom is -0.341 e. The first-order chi connectivity index (χ1) is 7.25. The van der Waals surface area contributed by atoms with Gasteiger partial charge in [0.2, 0.25) is 5.91 Å². The fraction of sp³-hybridized carbons (Fsp3) is 0.750. The van der Waals surface area contributed by atoms with Crippen LogP contribution in [0.4, 0.5) is 0 Å². The molecule has 1 unspecified atom stereocenters. The van der Waals surface area contributed by atoms with Crippen molar-refractivity contribution in [2.24, 2.45) is 5.73 Å². The smallest absolute Gasteiger partial charge is 0.239 e. The number of rotatable bonds is 3. The van der Waals surface area contributed by atoms with Crippen LogP contribution in [0.1, 0.15) is 38.5 Å². The molecule has 0 bridgehead atoms. The molecule has 0 aromatic heterocycles. The van der Waals surface area contributed by atoms with E-state index in [2.05, 4.69) is 6.58 Å². The first-order valence-corrected chi connectivity index (χ1v) is 5.91. The van der Waals surface area contributed by atoms with Gasteiger partial charge in [0.05, 0.1) is 6.04 Å². The van der Waals surface area contributed by atoms with E-state index < -0.39 is 0 Å². The second kappa shape index (κ2) is 6.62. The van der Waals surface area contributed by atoms with Crippen molar-refractivity contribution in [1.29, 1.82) is 0 Å². The second-order valence-electron chi connectivity index (χ2n) is 4.22. The normalized spacial score (nSPS) is 20.2. The summed E-state index contributed by atoms with van der Waals surface area (Å²) in [7, 11) is 0. The standard InChI is InChI=1S/C12H22N2O/c1-2-8-11(13)12(15)14-9-6-4-3-5-7-10-14/h2,11H,1,3-10,13H2. The summed E-state index contributed by atoms with van der Waals surface area (Å²) in [5.74, 6) is 0.0943. The summed E-state index contributed by atoms with van der Waals surface area (Å²) in [4.78, 5) is 13.8. The molecule has 86 valence electrons. The van der Waals surface area contributed by atoms with Gasteiger partial charge in [0, 0.05) is 13.1 Å². The summed E-state index contributed by atoms with van der Waals surface area (Å²) in [6.45, 7) is 5.37. The van der Waals surface area contributed by atoms with Crippen molar-refractivity contribution < 1.29 is 4.79 Å². The molecule has 1 atom stereocenters. The Kier molecular flexibility index (Phi) is 5.40. The Balaban J connectivity index is 2.44. The van der Waals surface area contributed by atoms with Gasteiger partial charge >= 0.3 is 0 Å². The molecule has 1 saturated heterocycles. The summed E-state index contributed by atoms with van der Waals surface area (Å²) < 4.78 is 0. The van der Waals surface area contributed by atoms with Crippen LogP contribution < -0.4 is 5.73 Å². The third-order valence-electron chi connectivity index (χ3n) is 2.91. The van der Waals surface area contributed by atoms with Crippen molar-refractivity contribution >= 4 is 5.91 Å². The molecule has 1 aliphatic heterocycles. The number of nitrogens with two attached hydrogens (primary N) is 1. The van der Waals surface area contributed by atoms with Gasteiger partial charge in [-0.05, 0) is 19.3 Å². The predicted molar refractivity (Wildman–Crippen MR) is 62.5 cm³/mol. The fourth-order valence-electron chi connectivity index (χ4n) is 1.98. The molecule has 0 spiro atoms. The lowest BCUT2D eigenvalue weighted by molar-refractivity contribution is -0.132. The van der Waals surface area contributed by atoms with Gasteiger partial charge in [0.25, 0.3) is 0 Å². The SMILES string of the molecule is C=CCC(N)C(=O)N1CCCCCCC1. The number of carbonyl (C=O) groups excluding carboxylic acids is 1. The van der Waals surface area contributed by atoms with Gasteiger partial charge in [0.1, 0.15) is 0 Å². The minimum atomic E-state index is -0.387. The molecule has 2 N–H and O–H groups in total. The Bertz CT molecular complexity index is 208. The zero-order chi connectivity index (χ0) is 11.1. The molecule has 1 rings (SSSR count). The van der Waals surface area contributed by atoms with Crippen molar-refractivity contribution in [3.63, 3.8) is 0 Å². The second-order valence-corrected chi connectivity index (χ2v) is 4.22. The summed E-state index contributed by atoms with van der Waals surface area (Å²) in [5, 5.41) is 0. The molecule has 3 heteroatoms. The number of carbonyl (C=O) groups is 1. The zero-order valence-electron chi connectivity index (χ0n) is 9.45. The number of amides is 1. The quantitative estimate of drug-likeness (QED) is 0.720. The maximum absolute atomic E-state index is 11.9. The molecule has 15 heavy (non-hydrogen) atoms. The van der Waals surface area contributed by atoms with Crippen molar-refractivity contribution in [1.82, 2.24) is 4.90 Å². The van der Waals surface area contributed by atoms with Gasteiger partial charge in [-0.15, -0.1) is 6.58 Å². The van der Waals surface area contributed by atoms with Gasteiger partial charge < -0.3 is 10.6 Å². The van der Waals surface area contributed by atoms with Crippen LogP contribution in [-0.4, -0.2) is 29.9 Å². The first kappa shape index (κ1) is 12.2. The highest BCUT2D eigenvalue weighted by atomic mass is 16.2. The maximum atomic E-state index is 11.9. The van der Waals surface area contributed by atoms with Gasteiger partial charge in [-0.2, -0.15) is 0 Å². The molecule has 0 aliphatic carbocycles. The van der Waals surface area contributed by atoms with E-state index in [0.29, 0.717) is 6.42 Å². The lowest BCUT2D eigenvalue weighted by Gasteiger charge is -2.27. The monoisotopic (exact) mass is 210 g/mol. The van der Waals surface area contributed by atoms with Crippen molar-refractivity contribution in [2.45, 2.75) is 44.6 Å². The van der Waals surface area contributed by atoms with Crippen LogP contribution in [0, 0.1) is 0 Å². The Labute approximate surface area is 92.3 Å². The van der Waals surface area contributed by atoms with Crippen molar-refractivity contribution in [3.05, 3.63) is 12.7 Å². The number of hydrogen-bond acceptors (Lipinski definition) is 2. The Morgan fingerprint density at radius 1 is 1.27 bits per heavy atom. The molecule has 1 heterocycles.